The third-order valence-electron chi connectivity index (χ3n) is 1.92. The minimum absolute atomic E-state index is 0.177. The van der Waals surface area contributed by atoms with Gasteiger partial charge in [-0.3, -0.25) is 0 Å². The second-order valence-electron chi connectivity index (χ2n) is 2.88. The fraction of sp³-hybridized carbons (Fsp3) is 0.250. The summed E-state index contributed by atoms with van der Waals surface area (Å²) < 4.78 is 0. The van der Waals surface area contributed by atoms with Crippen LogP contribution in [0, 0.1) is 0 Å². The van der Waals surface area contributed by atoms with E-state index in [9.17, 15) is 4.79 Å². The fourth-order valence-electron chi connectivity index (χ4n) is 1.28. The minimum atomic E-state index is -1.18. The molecule has 78 valence electrons. The smallest absolute Gasteiger partial charge is 0.374 e. The molecule has 0 aliphatic heterocycles. The van der Waals surface area contributed by atoms with Gasteiger partial charge in [-0.2, -0.15) is 4.98 Å². The number of aromatic amines is 1. The molecule has 2 heterocycles. The van der Waals surface area contributed by atoms with Crippen LogP contribution in [-0.4, -0.2) is 31.0 Å². The van der Waals surface area contributed by atoms with Crippen LogP contribution in [0.15, 0.2) is 0 Å². The summed E-state index contributed by atoms with van der Waals surface area (Å²) in [4.78, 5) is 25.0. The van der Waals surface area contributed by atoms with Crippen molar-refractivity contribution in [2.45, 2.75) is 13.3 Å². The summed E-state index contributed by atoms with van der Waals surface area (Å²) in [6.45, 7) is 1.86. The van der Waals surface area contributed by atoms with Crippen molar-refractivity contribution in [1.29, 1.82) is 0 Å². The molecule has 2 rings (SSSR count). The van der Waals surface area contributed by atoms with Crippen molar-refractivity contribution < 1.29 is 9.90 Å². The number of aryl methyl sites for hydroxylation is 1. The Morgan fingerprint density at radius 2 is 2.20 bits per heavy atom. The SMILES string of the molecule is CCc1nc(C(=O)O)nc2nc(Cl)[nH]c12. The van der Waals surface area contributed by atoms with Crippen molar-refractivity contribution >= 4 is 28.7 Å². The van der Waals surface area contributed by atoms with Crippen molar-refractivity contribution in [1.82, 2.24) is 19.9 Å². The third-order valence-corrected chi connectivity index (χ3v) is 2.10. The van der Waals surface area contributed by atoms with Gasteiger partial charge < -0.3 is 10.1 Å². The largest absolute Gasteiger partial charge is 0.475 e. The molecule has 0 saturated carbocycles. The van der Waals surface area contributed by atoms with Gasteiger partial charge >= 0.3 is 5.97 Å². The standard InChI is InChI=1S/C8H7ClN4O2/c1-2-3-4-5(13-8(9)11-4)12-6(10-3)7(14)15/h2H2,1H3,(H,14,15)(H,10,11,12,13). The molecule has 6 nitrogen and oxygen atoms in total. The molecule has 2 aromatic heterocycles. The molecule has 0 spiro atoms. The highest BCUT2D eigenvalue weighted by Crippen LogP contribution is 2.16. The van der Waals surface area contributed by atoms with Gasteiger partial charge in [0.1, 0.15) is 5.52 Å². The lowest BCUT2D eigenvalue weighted by Crippen LogP contribution is -2.06. The summed E-state index contributed by atoms with van der Waals surface area (Å²) >= 11 is 5.66. The molecular formula is C8H7ClN4O2. The minimum Gasteiger partial charge on any atom is -0.475 e. The lowest BCUT2D eigenvalue weighted by molar-refractivity contribution is 0.0683. The molecule has 0 radical (unpaired) electrons. The van der Waals surface area contributed by atoms with Crippen molar-refractivity contribution in [2.75, 3.05) is 0 Å². The molecular weight excluding hydrogens is 220 g/mol. The quantitative estimate of drug-likeness (QED) is 0.753. The highest BCUT2D eigenvalue weighted by molar-refractivity contribution is 6.29. The highest BCUT2D eigenvalue weighted by Gasteiger charge is 2.14. The Morgan fingerprint density at radius 3 is 2.80 bits per heavy atom. The lowest BCUT2D eigenvalue weighted by atomic mass is 10.3. The zero-order valence-corrected chi connectivity index (χ0v) is 8.54. The monoisotopic (exact) mass is 226 g/mol. The zero-order valence-electron chi connectivity index (χ0n) is 7.78. The van der Waals surface area contributed by atoms with E-state index in [0.717, 1.165) is 0 Å². The topological polar surface area (TPSA) is 91.8 Å². The van der Waals surface area contributed by atoms with E-state index < -0.39 is 5.97 Å². The van der Waals surface area contributed by atoms with Crippen LogP contribution in [0.4, 0.5) is 0 Å². The number of rotatable bonds is 2. The van der Waals surface area contributed by atoms with Crippen LogP contribution in [0.3, 0.4) is 0 Å². The Labute approximate surface area is 89.3 Å². The van der Waals surface area contributed by atoms with E-state index in [2.05, 4.69) is 19.9 Å². The van der Waals surface area contributed by atoms with E-state index in [1.54, 1.807) is 0 Å². The molecule has 0 aliphatic carbocycles. The molecule has 0 unspecified atom stereocenters. The number of halogens is 1. The van der Waals surface area contributed by atoms with Gasteiger partial charge in [-0.15, -0.1) is 0 Å². The first-order valence-electron chi connectivity index (χ1n) is 4.27. The van der Waals surface area contributed by atoms with Crippen LogP contribution in [0.5, 0.6) is 0 Å². The van der Waals surface area contributed by atoms with E-state index in [-0.39, 0.29) is 16.8 Å². The Morgan fingerprint density at radius 1 is 1.47 bits per heavy atom. The Balaban J connectivity index is 2.76. The maximum atomic E-state index is 10.7. The van der Waals surface area contributed by atoms with E-state index >= 15 is 0 Å². The fourth-order valence-corrected chi connectivity index (χ4v) is 1.45. The second kappa shape index (κ2) is 3.47. The first-order chi connectivity index (χ1) is 7.11. The van der Waals surface area contributed by atoms with Crippen molar-refractivity contribution in [3.63, 3.8) is 0 Å². The molecule has 0 bridgehead atoms. The number of nitrogens with zero attached hydrogens (tertiary/aromatic N) is 3. The predicted molar refractivity (Wildman–Crippen MR) is 53.0 cm³/mol. The molecule has 0 amide bonds. The number of H-pyrrole nitrogens is 1. The first-order valence-corrected chi connectivity index (χ1v) is 4.65. The molecule has 0 saturated heterocycles. The van der Waals surface area contributed by atoms with Gasteiger partial charge in [0.25, 0.3) is 0 Å². The number of hydrogen-bond acceptors (Lipinski definition) is 4. The van der Waals surface area contributed by atoms with Crippen LogP contribution in [0.1, 0.15) is 23.2 Å². The van der Waals surface area contributed by atoms with Crippen molar-refractivity contribution in [3.8, 4) is 0 Å². The number of carbonyl (C=O) groups is 1. The number of aromatic carboxylic acids is 1. The summed E-state index contributed by atoms with van der Waals surface area (Å²) in [6.07, 6.45) is 0.581. The number of carboxylic acids is 1. The van der Waals surface area contributed by atoms with E-state index in [1.807, 2.05) is 6.92 Å². The molecule has 0 fully saturated rings. The van der Waals surface area contributed by atoms with Gasteiger partial charge in [0.2, 0.25) is 11.1 Å². The number of fused-ring (bicyclic) bond motifs is 1. The average molecular weight is 227 g/mol. The average Bonchev–Trinajstić information content (AvgIpc) is 2.56. The van der Waals surface area contributed by atoms with Crippen LogP contribution >= 0.6 is 11.6 Å². The van der Waals surface area contributed by atoms with E-state index in [1.165, 1.54) is 0 Å². The van der Waals surface area contributed by atoms with Crippen LogP contribution in [-0.2, 0) is 6.42 Å². The molecule has 0 atom stereocenters. The third kappa shape index (κ3) is 1.63. The number of nitrogens with one attached hydrogen (secondary N) is 1. The predicted octanol–water partition coefficient (Wildman–Crippen LogP) is 1.27. The summed E-state index contributed by atoms with van der Waals surface area (Å²) in [5.74, 6) is -1.44. The summed E-state index contributed by atoms with van der Waals surface area (Å²) in [5, 5.41) is 8.95. The van der Waals surface area contributed by atoms with Crippen molar-refractivity contribution in [3.05, 3.63) is 16.8 Å². The first kappa shape index (κ1) is 9.85. The summed E-state index contributed by atoms with van der Waals surface area (Å²) in [5.41, 5.74) is 1.47. The lowest BCUT2D eigenvalue weighted by Gasteiger charge is -1.98. The Kier molecular flexibility index (Phi) is 2.28. The van der Waals surface area contributed by atoms with Crippen LogP contribution in [0.2, 0.25) is 5.28 Å². The molecule has 15 heavy (non-hydrogen) atoms. The zero-order chi connectivity index (χ0) is 11.0. The molecule has 7 heteroatoms. The summed E-state index contributed by atoms with van der Waals surface area (Å²) in [7, 11) is 0. The normalized spacial score (nSPS) is 10.8. The van der Waals surface area contributed by atoms with Gasteiger partial charge in [0, 0.05) is 0 Å². The summed E-state index contributed by atoms with van der Waals surface area (Å²) in [6, 6.07) is 0. The number of carboxylic acid groups (broad SMARTS) is 1. The number of aromatic nitrogens is 4. The Hall–Kier alpha value is -1.69. The van der Waals surface area contributed by atoms with E-state index in [4.69, 9.17) is 16.7 Å². The van der Waals surface area contributed by atoms with E-state index in [0.29, 0.717) is 17.6 Å². The van der Waals surface area contributed by atoms with Gasteiger partial charge in [-0.05, 0) is 18.0 Å². The van der Waals surface area contributed by atoms with Crippen molar-refractivity contribution in [2.24, 2.45) is 0 Å². The number of imidazole rings is 1. The maximum absolute atomic E-state index is 10.7. The molecule has 0 aliphatic rings. The molecule has 2 N–H and O–H groups in total. The number of hydrogen-bond donors (Lipinski definition) is 2. The maximum Gasteiger partial charge on any atom is 0.374 e. The van der Waals surface area contributed by atoms with Crippen LogP contribution in [0.25, 0.3) is 11.2 Å². The molecule has 0 aromatic carbocycles. The van der Waals surface area contributed by atoms with Gasteiger partial charge in [-0.1, -0.05) is 6.92 Å². The van der Waals surface area contributed by atoms with Crippen LogP contribution < -0.4 is 0 Å². The Bertz CT molecular complexity index is 537. The van der Waals surface area contributed by atoms with Gasteiger partial charge in [0.15, 0.2) is 5.65 Å². The second-order valence-corrected chi connectivity index (χ2v) is 3.24. The van der Waals surface area contributed by atoms with Gasteiger partial charge in [-0.25, -0.2) is 14.8 Å². The highest BCUT2D eigenvalue weighted by atomic mass is 35.5. The molecule has 2 aromatic rings. The van der Waals surface area contributed by atoms with Gasteiger partial charge in [0.05, 0.1) is 5.69 Å².